The van der Waals surface area contributed by atoms with Gasteiger partial charge in [-0.1, -0.05) is 12.1 Å². The van der Waals surface area contributed by atoms with Crippen molar-refractivity contribution >= 4 is 11.6 Å². The van der Waals surface area contributed by atoms with Gasteiger partial charge < -0.3 is 19.5 Å². The molecule has 0 saturated carbocycles. The predicted octanol–water partition coefficient (Wildman–Crippen LogP) is 4.74. The molecule has 1 heterocycles. The molecule has 1 N–H and O–H groups in total. The summed E-state index contributed by atoms with van der Waals surface area (Å²) in [4.78, 5) is 17.1. The fourth-order valence-electron chi connectivity index (χ4n) is 3.31. The fraction of sp³-hybridized carbons (Fsp3) is 0.160. The lowest BCUT2D eigenvalue weighted by atomic mass is 10.1. The number of benzene rings is 3. The Morgan fingerprint density at radius 3 is 2.29 bits per heavy atom. The van der Waals surface area contributed by atoms with E-state index in [2.05, 4.69) is 15.4 Å². The number of halogens is 1. The Balaban J connectivity index is 1.61. The molecule has 0 fully saturated rings. The van der Waals surface area contributed by atoms with Crippen molar-refractivity contribution in [2.24, 2.45) is 0 Å². The molecular formula is C25H23FN4O4. The van der Waals surface area contributed by atoms with E-state index in [0.29, 0.717) is 46.4 Å². The maximum absolute atomic E-state index is 14.5. The lowest BCUT2D eigenvalue weighted by Crippen LogP contribution is -2.12. The van der Waals surface area contributed by atoms with E-state index in [4.69, 9.17) is 14.2 Å². The van der Waals surface area contributed by atoms with Gasteiger partial charge in [-0.25, -0.2) is 9.07 Å². The van der Waals surface area contributed by atoms with E-state index in [0.717, 1.165) is 0 Å². The van der Waals surface area contributed by atoms with Crippen LogP contribution in [-0.4, -0.2) is 41.5 Å². The molecule has 0 aliphatic heterocycles. The van der Waals surface area contributed by atoms with Gasteiger partial charge in [-0.3, -0.25) is 4.79 Å². The first kappa shape index (κ1) is 22.8. The van der Waals surface area contributed by atoms with Crippen molar-refractivity contribution in [2.75, 3.05) is 26.1 Å². The third-order valence-electron chi connectivity index (χ3n) is 4.96. The first-order chi connectivity index (χ1) is 16.5. The zero-order chi connectivity index (χ0) is 24.1. The van der Waals surface area contributed by atoms with Gasteiger partial charge in [-0.2, -0.15) is 4.98 Å². The van der Waals surface area contributed by atoms with Crippen LogP contribution in [0.2, 0.25) is 0 Å². The Bertz CT molecular complexity index is 1280. The second-order valence-electron chi connectivity index (χ2n) is 7.14. The topological polar surface area (TPSA) is 87.5 Å². The first-order valence-electron chi connectivity index (χ1n) is 10.5. The van der Waals surface area contributed by atoms with Gasteiger partial charge in [0.15, 0.2) is 5.82 Å². The summed E-state index contributed by atoms with van der Waals surface area (Å²) in [7, 11) is 3.04. The van der Waals surface area contributed by atoms with Gasteiger partial charge in [-0.05, 0) is 55.5 Å². The van der Waals surface area contributed by atoms with Crippen LogP contribution in [0, 0.1) is 5.82 Å². The monoisotopic (exact) mass is 462 g/mol. The molecule has 4 rings (SSSR count). The van der Waals surface area contributed by atoms with Crippen LogP contribution in [0.1, 0.15) is 17.3 Å². The smallest absolute Gasteiger partial charge is 0.336 e. The third kappa shape index (κ3) is 4.83. The van der Waals surface area contributed by atoms with Crippen LogP contribution in [0.4, 0.5) is 10.1 Å². The highest BCUT2D eigenvalue weighted by molar-refractivity contribution is 6.04. The van der Waals surface area contributed by atoms with Crippen molar-refractivity contribution in [3.8, 4) is 34.6 Å². The van der Waals surface area contributed by atoms with Crippen molar-refractivity contribution in [1.29, 1.82) is 0 Å². The SMILES string of the molecule is CCOc1nc(-c2ccccc2F)n(-c2ccc(NC(=O)c3cc(OC)cc(OC)c3)cc2)n1. The van der Waals surface area contributed by atoms with Crippen LogP contribution in [0.15, 0.2) is 66.7 Å². The maximum Gasteiger partial charge on any atom is 0.336 e. The molecule has 0 bridgehead atoms. The van der Waals surface area contributed by atoms with E-state index < -0.39 is 5.82 Å². The summed E-state index contributed by atoms with van der Waals surface area (Å²) >= 11 is 0. The summed E-state index contributed by atoms with van der Waals surface area (Å²) in [5.74, 6) is 0.587. The number of carbonyl (C=O) groups is 1. The molecule has 34 heavy (non-hydrogen) atoms. The van der Waals surface area contributed by atoms with Gasteiger partial charge in [0, 0.05) is 17.3 Å². The number of nitrogens with zero attached hydrogens (tertiary/aromatic N) is 3. The molecule has 0 saturated heterocycles. The molecule has 8 nitrogen and oxygen atoms in total. The number of anilines is 1. The molecule has 174 valence electrons. The zero-order valence-electron chi connectivity index (χ0n) is 18.9. The van der Waals surface area contributed by atoms with E-state index >= 15 is 0 Å². The van der Waals surface area contributed by atoms with Gasteiger partial charge in [0.05, 0.1) is 32.1 Å². The number of nitrogens with one attached hydrogen (secondary N) is 1. The van der Waals surface area contributed by atoms with E-state index in [1.165, 1.54) is 25.0 Å². The van der Waals surface area contributed by atoms with Gasteiger partial charge in [0.1, 0.15) is 17.3 Å². The maximum atomic E-state index is 14.5. The van der Waals surface area contributed by atoms with Crippen LogP contribution < -0.4 is 19.5 Å². The average molecular weight is 462 g/mol. The van der Waals surface area contributed by atoms with Crippen molar-refractivity contribution in [1.82, 2.24) is 14.8 Å². The molecule has 0 aliphatic carbocycles. The summed E-state index contributed by atoms with van der Waals surface area (Å²) in [5, 5.41) is 7.21. The van der Waals surface area contributed by atoms with Crippen LogP contribution in [-0.2, 0) is 0 Å². The summed E-state index contributed by atoms with van der Waals surface area (Å²) in [6, 6.07) is 18.3. The van der Waals surface area contributed by atoms with Crippen molar-refractivity contribution in [3.05, 3.63) is 78.1 Å². The number of methoxy groups -OCH3 is 2. The Labute approximate surface area is 195 Å². The second kappa shape index (κ2) is 10.0. The van der Waals surface area contributed by atoms with Gasteiger partial charge in [0.25, 0.3) is 5.91 Å². The molecule has 1 amide bonds. The summed E-state index contributed by atoms with van der Waals surface area (Å²) in [6.45, 7) is 2.19. The quantitative estimate of drug-likeness (QED) is 0.407. The van der Waals surface area contributed by atoms with Crippen molar-refractivity contribution < 1.29 is 23.4 Å². The lowest BCUT2D eigenvalue weighted by Gasteiger charge is -2.10. The molecule has 4 aromatic rings. The Morgan fingerprint density at radius 1 is 1.00 bits per heavy atom. The standard InChI is InChI=1S/C25H23FN4O4/c1-4-34-25-28-23(21-7-5-6-8-22(21)26)30(29-25)18-11-9-17(10-12-18)27-24(31)16-13-19(32-2)15-20(14-16)33-3/h5-15H,4H2,1-3H3,(H,27,31). The minimum Gasteiger partial charge on any atom is -0.497 e. The normalized spacial score (nSPS) is 10.6. The lowest BCUT2D eigenvalue weighted by molar-refractivity contribution is 0.102. The third-order valence-corrected chi connectivity index (χ3v) is 4.96. The largest absolute Gasteiger partial charge is 0.497 e. The van der Waals surface area contributed by atoms with E-state index in [-0.39, 0.29) is 11.9 Å². The highest BCUT2D eigenvalue weighted by atomic mass is 19.1. The van der Waals surface area contributed by atoms with E-state index in [1.807, 2.05) is 6.92 Å². The number of carbonyl (C=O) groups excluding carboxylic acids is 1. The molecule has 0 spiro atoms. The summed E-state index contributed by atoms with van der Waals surface area (Å²) in [6.07, 6.45) is 0. The van der Waals surface area contributed by atoms with Crippen molar-refractivity contribution in [2.45, 2.75) is 6.92 Å². The number of rotatable bonds is 8. The number of hydrogen-bond acceptors (Lipinski definition) is 6. The van der Waals surface area contributed by atoms with Crippen LogP contribution in [0.25, 0.3) is 17.1 Å². The van der Waals surface area contributed by atoms with Gasteiger partial charge >= 0.3 is 6.01 Å². The van der Waals surface area contributed by atoms with Crippen molar-refractivity contribution in [3.63, 3.8) is 0 Å². The Morgan fingerprint density at radius 2 is 1.68 bits per heavy atom. The van der Waals surface area contributed by atoms with Crippen LogP contribution in [0.5, 0.6) is 17.5 Å². The molecule has 0 radical (unpaired) electrons. The van der Waals surface area contributed by atoms with Crippen LogP contribution in [0.3, 0.4) is 0 Å². The molecule has 0 unspecified atom stereocenters. The molecule has 0 atom stereocenters. The number of ether oxygens (including phenoxy) is 3. The van der Waals surface area contributed by atoms with E-state index in [1.54, 1.807) is 60.7 Å². The zero-order valence-corrected chi connectivity index (χ0v) is 18.9. The van der Waals surface area contributed by atoms with Gasteiger partial charge in [-0.15, -0.1) is 5.10 Å². The Hall–Kier alpha value is -4.40. The highest BCUT2D eigenvalue weighted by Gasteiger charge is 2.18. The number of aromatic nitrogens is 3. The fourth-order valence-corrected chi connectivity index (χ4v) is 3.31. The summed E-state index contributed by atoms with van der Waals surface area (Å²) in [5.41, 5.74) is 1.87. The molecule has 3 aromatic carbocycles. The predicted molar refractivity (Wildman–Crippen MR) is 125 cm³/mol. The molecule has 0 aliphatic rings. The molecule has 9 heteroatoms. The summed E-state index contributed by atoms with van der Waals surface area (Å²) < 4.78 is 31.8. The Kier molecular flexibility index (Phi) is 6.72. The van der Waals surface area contributed by atoms with Crippen LogP contribution >= 0.6 is 0 Å². The second-order valence-corrected chi connectivity index (χ2v) is 7.14. The average Bonchev–Trinajstić information content (AvgIpc) is 3.28. The first-order valence-corrected chi connectivity index (χ1v) is 10.5. The number of amides is 1. The van der Waals surface area contributed by atoms with E-state index in [9.17, 15) is 9.18 Å². The minimum atomic E-state index is -0.420. The molecule has 1 aromatic heterocycles. The molecular weight excluding hydrogens is 439 g/mol. The minimum absolute atomic E-state index is 0.144. The van der Waals surface area contributed by atoms with Gasteiger partial charge in [0.2, 0.25) is 0 Å². The highest BCUT2D eigenvalue weighted by Crippen LogP contribution is 2.27. The number of hydrogen-bond donors (Lipinski definition) is 1.